The van der Waals surface area contributed by atoms with Crippen LogP contribution in [0.2, 0.25) is 0 Å². The number of H-pyrrole nitrogens is 1. The van der Waals surface area contributed by atoms with E-state index in [1.807, 2.05) is 13.8 Å². The van der Waals surface area contributed by atoms with Gasteiger partial charge in [0.15, 0.2) is 6.61 Å². The summed E-state index contributed by atoms with van der Waals surface area (Å²) in [5.41, 5.74) is 1.78. The van der Waals surface area contributed by atoms with Gasteiger partial charge in [-0.2, -0.15) is 0 Å². The molecule has 9 nitrogen and oxygen atoms in total. The number of carbonyl (C=O) groups excluding carboxylic acids is 5. The molecule has 0 saturated carbocycles. The fourth-order valence-corrected chi connectivity index (χ4v) is 3.83. The number of fused-ring (bicyclic) bond motifs is 1. The Bertz CT molecular complexity index is 1180. The predicted octanol–water partition coefficient (Wildman–Crippen LogP) is 3.49. The van der Waals surface area contributed by atoms with Gasteiger partial charge < -0.3 is 14.5 Å². The van der Waals surface area contributed by atoms with Crippen LogP contribution >= 0.6 is 0 Å². The Kier molecular flexibility index (Phi) is 7.34. The molecule has 9 heteroatoms. The van der Waals surface area contributed by atoms with Crippen LogP contribution in [0.5, 0.6) is 0 Å². The highest BCUT2D eigenvalue weighted by Gasteiger charge is 2.36. The predicted molar refractivity (Wildman–Crippen MR) is 122 cm³/mol. The van der Waals surface area contributed by atoms with Gasteiger partial charge in [0, 0.05) is 12.2 Å². The van der Waals surface area contributed by atoms with Crippen LogP contribution in [0.4, 0.5) is 0 Å². The third kappa shape index (κ3) is 4.78. The largest absolute Gasteiger partial charge is 0.462 e. The number of aromatic nitrogens is 1. The molecule has 1 aromatic carbocycles. The van der Waals surface area contributed by atoms with Crippen LogP contribution in [0.15, 0.2) is 18.2 Å². The molecule has 180 valence electrons. The SMILES string of the molecule is CCOC(=O)c1c(C)[nH]c(C(=O)COC(=O)c2ccc3c(c2)C(=O)N(CCC(C)C)C3=O)c1C. The van der Waals surface area contributed by atoms with Crippen molar-refractivity contribution in [2.24, 2.45) is 5.92 Å². The number of ketones is 1. The van der Waals surface area contributed by atoms with Gasteiger partial charge in [0.1, 0.15) is 0 Å². The Balaban J connectivity index is 1.70. The number of Topliss-reactive ketones (excluding diaryl/α,β-unsaturated/α-hetero) is 1. The molecule has 1 N–H and O–H groups in total. The smallest absolute Gasteiger partial charge is 0.340 e. The van der Waals surface area contributed by atoms with E-state index in [1.54, 1.807) is 20.8 Å². The highest BCUT2D eigenvalue weighted by atomic mass is 16.5. The fourth-order valence-electron chi connectivity index (χ4n) is 3.83. The molecule has 0 fully saturated rings. The lowest BCUT2D eigenvalue weighted by atomic mass is 10.1. The minimum atomic E-state index is -0.802. The number of rotatable bonds is 9. The van der Waals surface area contributed by atoms with Gasteiger partial charge in [-0.05, 0) is 56.9 Å². The standard InChI is InChI=1S/C25H28N2O7/c1-6-33-25(32)20-14(4)21(26-15(20)5)19(28)12-34-24(31)16-7-8-17-18(11-16)23(30)27(22(17)29)10-9-13(2)3/h7-8,11,13,26H,6,9-10,12H2,1-5H3. The monoisotopic (exact) mass is 468 g/mol. The topological polar surface area (TPSA) is 123 Å². The van der Waals surface area contributed by atoms with E-state index in [4.69, 9.17) is 9.47 Å². The van der Waals surface area contributed by atoms with E-state index in [-0.39, 0.29) is 40.5 Å². The lowest BCUT2D eigenvalue weighted by Crippen LogP contribution is -2.31. The summed E-state index contributed by atoms with van der Waals surface area (Å²) in [6.07, 6.45) is 0.679. The summed E-state index contributed by atoms with van der Waals surface area (Å²) >= 11 is 0. The summed E-state index contributed by atoms with van der Waals surface area (Å²) in [6, 6.07) is 4.14. The molecule has 0 atom stereocenters. The van der Waals surface area contributed by atoms with Crippen molar-refractivity contribution in [3.63, 3.8) is 0 Å². The molecule has 1 aliphatic heterocycles. The molecular formula is C25H28N2O7. The quantitative estimate of drug-likeness (QED) is 0.339. The normalized spacial score (nSPS) is 12.8. The zero-order valence-corrected chi connectivity index (χ0v) is 19.9. The first-order chi connectivity index (χ1) is 16.1. The molecular weight excluding hydrogens is 440 g/mol. The maximum Gasteiger partial charge on any atom is 0.340 e. The maximum absolute atomic E-state index is 12.7. The number of carbonyl (C=O) groups is 5. The van der Waals surface area contributed by atoms with Crippen LogP contribution in [0.3, 0.4) is 0 Å². The van der Waals surface area contributed by atoms with Gasteiger partial charge >= 0.3 is 11.9 Å². The van der Waals surface area contributed by atoms with E-state index in [1.165, 1.54) is 23.1 Å². The molecule has 1 aromatic heterocycles. The van der Waals surface area contributed by atoms with E-state index in [9.17, 15) is 24.0 Å². The second-order valence-corrected chi connectivity index (χ2v) is 8.55. The summed E-state index contributed by atoms with van der Waals surface area (Å²) in [7, 11) is 0. The first-order valence-electron chi connectivity index (χ1n) is 11.1. The highest BCUT2D eigenvalue weighted by molar-refractivity contribution is 6.22. The van der Waals surface area contributed by atoms with Gasteiger partial charge in [-0.3, -0.25) is 19.3 Å². The van der Waals surface area contributed by atoms with Gasteiger partial charge in [0.05, 0.1) is 34.6 Å². The van der Waals surface area contributed by atoms with Crippen LogP contribution in [-0.4, -0.2) is 59.2 Å². The number of amides is 2. The zero-order valence-electron chi connectivity index (χ0n) is 19.9. The van der Waals surface area contributed by atoms with Gasteiger partial charge in [-0.1, -0.05) is 13.8 Å². The van der Waals surface area contributed by atoms with Gasteiger partial charge in [0.2, 0.25) is 5.78 Å². The van der Waals surface area contributed by atoms with Crippen LogP contribution in [0, 0.1) is 19.8 Å². The van der Waals surface area contributed by atoms with Crippen LogP contribution in [0.25, 0.3) is 0 Å². The van der Waals surface area contributed by atoms with Crippen molar-refractivity contribution >= 4 is 29.5 Å². The van der Waals surface area contributed by atoms with E-state index in [0.717, 1.165) is 0 Å². The zero-order chi connectivity index (χ0) is 25.2. The molecule has 0 aliphatic carbocycles. The minimum Gasteiger partial charge on any atom is -0.462 e. The average molecular weight is 469 g/mol. The number of ether oxygens (including phenoxy) is 2. The van der Waals surface area contributed by atoms with Crippen molar-refractivity contribution in [3.05, 3.63) is 57.4 Å². The molecule has 0 saturated heterocycles. The summed E-state index contributed by atoms with van der Waals surface area (Å²) in [4.78, 5) is 66.5. The second-order valence-electron chi connectivity index (χ2n) is 8.55. The third-order valence-electron chi connectivity index (χ3n) is 5.67. The molecule has 2 amide bonds. The van der Waals surface area contributed by atoms with E-state index < -0.39 is 30.2 Å². The van der Waals surface area contributed by atoms with Gasteiger partial charge in [-0.25, -0.2) is 9.59 Å². The number of imide groups is 1. The molecule has 1 aliphatic rings. The molecule has 0 unspecified atom stereocenters. The number of esters is 2. The fraction of sp³-hybridized carbons (Fsp3) is 0.400. The second kappa shape index (κ2) is 10.0. The molecule has 0 bridgehead atoms. The lowest BCUT2D eigenvalue weighted by molar-refractivity contribution is 0.0472. The number of hydrogen-bond acceptors (Lipinski definition) is 7. The number of nitrogens with zero attached hydrogens (tertiary/aromatic N) is 1. The lowest BCUT2D eigenvalue weighted by Gasteiger charge is -2.14. The molecule has 0 radical (unpaired) electrons. The average Bonchev–Trinajstić information content (AvgIpc) is 3.22. The number of aromatic amines is 1. The van der Waals surface area contributed by atoms with E-state index in [2.05, 4.69) is 4.98 Å². The Morgan fingerprint density at radius 1 is 1.00 bits per heavy atom. The van der Waals surface area contributed by atoms with Crippen LogP contribution in [0.1, 0.15) is 90.4 Å². The molecule has 34 heavy (non-hydrogen) atoms. The molecule has 2 heterocycles. The minimum absolute atomic E-state index is 0.0602. The molecule has 0 spiro atoms. The summed E-state index contributed by atoms with van der Waals surface area (Å²) in [5.74, 6) is -2.36. The first kappa shape index (κ1) is 24.9. The van der Waals surface area contributed by atoms with Crippen molar-refractivity contribution in [2.45, 2.75) is 41.0 Å². The van der Waals surface area contributed by atoms with Crippen molar-refractivity contribution in [3.8, 4) is 0 Å². The van der Waals surface area contributed by atoms with Gasteiger partial charge in [0.25, 0.3) is 11.8 Å². The van der Waals surface area contributed by atoms with E-state index >= 15 is 0 Å². The number of hydrogen-bond donors (Lipinski definition) is 1. The number of benzene rings is 1. The molecule has 3 rings (SSSR count). The van der Waals surface area contributed by atoms with Crippen LogP contribution in [-0.2, 0) is 9.47 Å². The summed E-state index contributed by atoms with van der Waals surface area (Å²) < 4.78 is 10.2. The first-order valence-corrected chi connectivity index (χ1v) is 11.1. The Morgan fingerprint density at radius 2 is 1.68 bits per heavy atom. The number of aryl methyl sites for hydroxylation is 1. The van der Waals surface area contributed by atoms with E-state index in [0.29, 0.717) is 30.1 Å². The van der Waals surface area contributed by atoms with Crippen molar-refractivity contribution in [1.29, 1.82) is 0 Å². The van der Waals surface area contributed by atoms with Crippen molar-refractivity contribution in [2.75, 3.05) is 19.8 Å². The summed E-state index contributed by atoms with van der Waals surface area (Å²) in [6.45, 7) is 8.89. The van der Waals surface area contributed by atoms with Crippen molar-refractivity contribution < 1.29 is 33.4 Å². The summed E-state index contributed by atoms with van der Waals surface area (Å²) in [5, 5.41) is 0. The molecule has 2 aromatic rings. The third-order valence-corrected chi connectivity index (χ3v) is 5.67. The Hall–Kier alpha value is -3.75. The number of nitrogens with one attached hydrogen (secondary N) is 1. The van der Waals surface area contributed by atoms with Crippen LogP contribution < -0.4 is 0 Å². The Labute approximate surface area is 197 Å². The van der Waals surface area contributed by atoms with Gasteiger partial charge in [-0.15, -0.1) is 0 Å². The maximum atomic E-state index is 12.7. The highest BCUT2D eigenvalue weighted by Crippen LogP contribution is 2.25. The Morgan fingerprint density at radius 3 is 2.32 bits per heavy atom. The van der Waals surface area contributed by atoms with Crippen molar-refractivity contribution in [1.82, 2.24) is 9.88 Å².